The lowest BCUT2D eigenvalue weighted by molar-refractivity contribution is 0.0950. The van der Waals surface area contributed by atoms with Gasteiger partial charge in [-0.25, -0.2) is 17.2 Å². The lowest BCUT2D eigenvalue weighted by Gasteiger charge is -2.20. The average molecular weight is 408 g/mol. The summed E-state index contributed by atoms with van der Waals surface area (Å²) in [5.74, 6) is -1.89. The molecule has 2 aromatic carbocycles. The standard InChI is InChI=1S/C20H22F2N2O3S/c21-17-11-15(12-18(22)13-17)14-23-20(25)16-5-7-19(8-6-16)28(26,27)24-9-3-1-2-4-10-24/h5-8,11-13H,1-4,9-10,14H2,(H,23,25). The van der Waals surface area contributed by atoms with E-state index in [1.165, 1.54) is 28.6 Å². The fourth-order valence-electron chi connectivity index (χ4n) is 3.21. The Kier molecular flexibility index (Phi) is 6.41. The Morgan fingerprint density at radius 1 is 0.929 bits per heavy atom. The summed E-state index contributed by atoms with van der Waals surface area (Å²) in [5.41, 5.74) is 0.568. The van der Waals surface area contributed by atoms with Crippen LogP contribution in [0, 0.1) is 11.6 Å². The van der Waals surface area contributed by atoms with Crippen molar-refractivity contribution >= 4 is 15.9 Å². The first-order valence-electron chi connectivity index (χ1n) is 9.20. The molecule has 150 valence electrons. The fourth-order valence-corrected chi connectivity index (χ4v) is 4.72. The summed E-state index contributed by atoms with van der Waals surface area (Å²) < 4.78 is 53.4. The SMILES string of the molecule is O=C(NCc1cc(F)cc(F)c1)c1ccc(S(=O)(=O)N2CCCCCC2)cc1. The van der Waals surface area contributed by atoms with Gasteiger partial charge in [-0.15, -0.1) is 0 Å². The van der Waals surface area contributed by atoms with Crippen molar-refractivity contribution in [3.63, 3.8) is 0 Å². The van der Waals surface area contributed by atoms with Crippen molar-refractivity contribution in [1.29, 1.82) is 0 Å². The number of halogens is 2. The first-order chi connectivity index (χ1) is 13.4. The Balaban J connectivity index is 1.66. The van der Waals surface area contributed by atoms with Gasteiger partial charge in [-0.3, -0.25) is 4.79 Å². The number of carbonyl (C=O) groups excluding carboxylic acids is 1. The zero-order valence-corrected chi connectivity index (χ0v) is 16.1. The summed E-state index contributed by atoms with van der Waals surface area (Å²) in [6, 6.07) is 8.74. The number of nitrogens with zero attached hydrogens (tertiary/aromatic N) is 1. The van der Waals surface area contributed by atoms with E-state index >= 15 is 0 Å². The minimum atomic E-state index is -3.57. The topological polar surface area (TPSA) is 66.5 Å². The molecular weight excluding hydrogens is 386 g/mol. The zero-order valence-electron chi connectivity index (χ0n) is 15.3. The van der Waals surface area contributed by atoms with E-state index in [2.05, 4.69) is 5.32 Å². The molecule has 5 nitrogen and oxygen atoms in total. The third kappa shape index (κ3) is 4.94. The molecule has 1 fully saturated rings. The predicted molar refractivity (Wildman–Crippen MR) is 101 cm³/mol. The van der Waals surface area contributed by atoms with Crippen molar-refractivity contribution < 1.29 is 22.0 Å². The highest BCUT2D eigenvalue weighted by atomic mass is 32.2. The Labute approximate surface area is 163 Å². The lowest BCUT2D eigenvalue weighted by Crippen LogP contribution is -2.32. The molecule has 1 aliphatic rings. The minimum absolute atomic E-state index is 0.0403. The maximum Gasteiger partial charge on any atom is 0.251 e. The number of rotatable bonds is 5. The van der Waals surface area contributed by atoms with Gasteiger partial charge < -0.3 is 5.32 Å². The third-order valence-electron chi connectivity index (χ3n) is 4.69. The van der Waals surface area contributed by atoms with Crippen molar-refractivity contribution in [2.24, 2.45) is 0 Å². The number of benzene rings is 2. The van der Waals surface area contributed by atoms with E-state index in [4.69, 9.17) is 0 Å². The number of amides is 1. The van der Waals surface area contributed by atoms with Gasteiger partial charge in [0, 0.05) is 31.3 Å². The summed E-state index contributed by atoms with van der Waals surface area (Å²) in [4.78, 5) is 12.4. The predicted octanol–water partition coefficient (Wildman–Crippen LogP) is 3.46. The Bertz CT molecular complexity index is 918. The highest BCUT2D eigenvalue weighted by Gasteiger charge is 2.25. The lowest BCUT2D eigenvalue weighted by atomic mass is 10.2. The van der Waals surface area contributed by atoms with E-state index in [0.29, 0.717) is 18.7 Å². The van der Waals surface area contributed by atoms with Crippen molar-refractivity contribution in [2.45, 2.75) is 37.1 Å². The maximum absolute atomic E-state index is 13.2. The molecule has 0 atom stereocenters. The number of hydrogen-bond acceptors (Lipinski definition) is 3. The van der Waals surface area contributed by atoms with E-state index in [1.807, 2.05) is 0 Å². The molecule has 2 aromatic rings. The monoisotopic (exact) mass is 408 g/mol. The van der Waals surface area contributed by atoms with Crippen LogP contribution in [-0.4, -0.2) is 31.7 Å². The van der Waals surface area contributed by atoms with Crippen LogP contribution in [0.5, 0.6) is 0 Å². The van der Waals surface area contributed by atoms with Gasteiger partial charge in [-0.2, -0.15) is 4.31 Å². The quantitative estimate of drug-likeness (QED) is 0.824. The molecule has 0 saturated carbocycles. The average Bonchev–Trinajstić information content (AvgIpc) is 2.95. The summed E-state index contributed by atoms with van der Waals surface area (Å²) in [6.07, 6.45) is 3.75. The fraction of sp³-hybridized carbons (Fsp3) is 0.350. The van der Waals surface area contributed by atoms with Gasteiger partial charge in [0.2, 0.25) is 10.0 Å². The van der Waals surface area contributed by atoms with E-state index in [-0.39, 0.29) is 17.0 Å². The molecule has 0 spiro atoms. The second-order valence-electron chi connectivity index (χ2n) is 6.80. The van der Waals surface area contributed by atoms with Crippen LogP contribution in [0.3, 0.4) is 0 Å². The Morgan fingerprint density at radius 2 is 1.50 bits per heavy atom. The van der Waals surface area contributed by atoms with Gasteiger partial charge in [0.25, 0.3) is 5.91 Å². The third-order valence-corrected chi connectivity index (χ3v) is 6.61. The van der Waals surface area contributed by atoms with E-state index in [0.717, 1.165) is 43.9 Å². The van der Waals surface area contributed by atoms with E-state index < -0.39 is 27.6 Å². The van der Waals surface area contributed by atoms with Gasteiger partial charge in [-0.1, -0.05) is 12.8 Å². The molecule has 0 radical (unpaired) electrons. The van der Waals surface area contributed by atoms with Gasteiger partial charge >= 0.3 is 0 Å². The summed E-state index contributed by atoms with van der Waals surface area (Å²) in [5, 5.41) is 2.57. The van der Waals surface area contributed by atoms with Crippen molar-refractivity contribution in [3.05, 3.63) is 65.2 Å². The second-order valence-corrected chi connectivity index (χ2v) is 8.74. The molecule has 1 aliphatic heterocycles. The molecule has 28 heavy (non-hydrogen) atoms. The van der Waals surface area contributed by atoms with Gasteiger partial charge in [0.15, 0.2) is 0 Å². The molecule has 1 saturated heterocycles. The molecule has 1 heterocycles. The molecule has 0 unspecified atom stereocenters. The Hall–Kier alpha value is -2.32. The maximum atomic E-state index is 13.2. The molecular formula is C20H22F2N2O3S. The molecule has 0 aromatic heterocycles. The van der Waals surface area contributed by atoms with Crippen LogP contribution in [-0.2, 0) is 16.6 Å². The van der Waals surface area contributed by atoms with Gasteiger partial charge in [-0.05, 0) is 54.8 Å². The summed E-state index contributed by atoms with van der Waals surface area (Å²) >= 11 is 0. The first-order valence-corrected chi connectivity index (χ1v) is 10.6. The summed E-state index contributed by atoms with van der Waals surface area (Å²) in [6.45, 7) is 0.977. The van der Waals surface area contributed by atoms with Crippen LogP contribution in [0.15, 0.2) is 47.4 Å². The Morgan fingerprint density at radius 3 is 2.07 bits per heavy atom. The molecule has 8 heteroatoms. The zero-order chi connectivity index (χ0) is 20.1. The van der Waals surface area contributed by atoms with Crippen LogP contribution in [0.25, 0.3) is 0 Å². The van der Waals surface area contributed by atoms with E-state index in [9.17, 15) is 22.0 Å². The molecule has 1 amide bonds. The van der Waals surface area contributed by atoms with Crippen LogP contribution in [0.1, 0.15) is 41.6 Å². The number of carbonyl (C=O) groups is 1. The van der Waals surface area contributed by atoms with Crippen LogP contribution < -0.4 is 5.32 Å². The molecule has 3 rings (SSSR count). The minimum Gasteiger partial charge on any atom is -0.348 e. The number of sulfonamides is 1. The van der Waals surface area contributed by atoms with Crippen molar-refractivity contribution in [3.8, 4) is 0 Å². The van der Waals surface area contributed by atoms with Crippen LogP contribution >= 0.6 is 0 Å². The molecule has 0 bridgehead atoms. The smallest absolute Gasteiger partial charge is 0.251 e. The number of nitrogens with one attached hydrogen (secondary N) is 1. The summed E-state index contributed by atoms with van der Waals surface area (Å²) in [7, 11) is -3.57. The first kappa shape index (κ1) is 20.4. The van der Waals surface area contributed by atoms with E-state index in [1.54, 1.807) is 0 Å². The molecule has 1 N–H and O–H groups in total. The van der Waals surface area contributed by atoms with Gasteiger partial charge in [0.05, 0.1) is 4.90 Å². The van der Waals surface area contributed by atoms with Crippen molar-refractivity contribution in [1.82, 2.24) is 9.62 Å². The van der Waals surface area contributed by atoms with Crippen LogP contribution in [0.4, 0.5) is 8.78 Å². The normalized spacial score (nSPS) is 15.8. The molecule has 0 aliphatic carbocycles. The van der Waals surface area contributed by atoms with Crippen LogP contribution in [0.2, 0.25) is 0 Å². The van der Waals surface area contributed by atoms with Crippen molar-refractivity contribution in [2.75, 3.05) is 13.1 Å². The number of hydrogen-bond donors (Lipinski definition) is 1. The largest absolute Gasteiger partial charge is 0.348 e. The highest BCUT2D eigenvalue weighted by Crippen LogP contribution is 2.20. The highest BCUT2D eigenvalue weighted by molar-refractivity contribution is 7.89. The second kappa shape index (κ2) is 8.79. The van der Waals surface area contributed by atoms with Gasteiger partial charge in [0.1, 0.15) is 11.6 Å².